The lowest BCUT2D eigenvalue weighted by Crippen LogP contribution is -2.21. The standard InChI is InChI=1S/C18H17F3N4O3/c1-8-12(9(2)28-24-8)14-13(10-4-6-11(26)7-5-10)16(18(19,20)21)25(3)15(14)17(22)23-27/h4-7,26-27H,1-3H3,(H2,22,23). The van der Waals surface area contributed by atoms with E-state index in [1.807, 2.05) is 0 Å². The first kappa shape index (κ1) is 19.3. The van der Waals surface area contributed by atoms with Crippen LogP contribution in [0.5, 0.6) is 5.75 Å². The first-order valence-electron chi connectivity index (χ1n) is 8.08. The van der Waals surface area contributed by atoms with Gasteiger partial charge in [-0.2, -0.15) is 13.2 Å². The van der Waals surface area contributed by atoms with Crippen LogP contribution < -0.4 is 5.73 Å². The molecule has 148 valence electrons. The van der Waals surface area contributed by atoms with Crippen molar-refractivity contribution in [1.29, 1.82) is 0 Å². The van der Waals surface area contributed by atoms with Gasteiger partial charge in [0.05, 0.1) is 17.0 Å². The smallest absolute Gasteiger partial charge is 0.432 e. The third-order valence-corrected chi connectivity index (χ3v) is 4.45. The van der Waals surface area contributed by atoms with Crippen LogP contribution in [0.15, 0.2) is 33.9 Å². The molecule has 2 aromatic heterocycles. The molecule has 0 aliphatic rings. The van der Waals surface area contributed by atoms with Gasteiger partial charge in [-0.1, -0.05) is 22.4 Å². The number of alkyl halides is 3. The van der Waals surface area contributed by atoms with E-state index in [0.29, 0.717) is 11.3 Å². The number of phenols is 1. The summed E-state index contributed by atoms with van der Waals surface area (Å²) in [6.07, 6.45) is -4.75. The van der Waals surface area contributed by atoms with Crippen molar-refractivity contribution in [3.05, 3.63) is 47.1 Å². The highest BCUT2D eigenvalue weighted by Crippen LogP contribution is 2.47. The number of amidine groups is 1. The van der Waals surface area contributed by atoms with Crippen molar-refractivity contribution in [3.8, 4) is 28.0 Å². The van der Waals surface area contributed by atoms with Gasteiger partial charge in [-0.3, -0.25) is 0 Å². The average Bonchev–Trinajstić information content (AvgIpc) is 3.10. The number of aryl methyl sites for hydroxylation is 2. The number of hydrogen-bond acceptors (Lipinski definition) is 5. The molecule has 3 aromatic rings. The van der Waals surface area contributed by atoms with Crippen molar-refractivity contribution in [2.45, 2.75) is 20.0 Å². The molecule has 0 atom stereocenters. The first-order valence-corrected chi connectivity index (χ1v) is 8.08. The molecule has 0 radical (unpaired) electrons. The Labute approximate surface area is 157 Å². The minimum Gasteiger partial charge on any atom is -0.508 e. The lowest BCUT2D eigenvalue weighted by molar-refractivity contribution is -0.142. The zero-order valence-corrected chi connectivity index (χ0v) is 15.2. The summed E-state index contributed by atoms with van der Waals surface area (Å²) in [5.41, 5.74) is 5.37. The van der Waals surface area contributed by atoms with Crippen molar-refractivity contribution in [3.63, 3.8) is 0 Å². The number of nitrogens with two attached hydrogens (primary N) is 1. The maximum atomic E-state index is 14.0. The Morgan fingerprint density at radius 1 is 1.14 bits per heavy atom. The minimum absolute atomic E-state index is 0.0760. The van der Waals surface area contributed by atoms with Crippen LogP contribution in [0.25, 0.3) is 22.3 Å². The number of aromatic nitrogens is 2. The second kappa shape index (κ2) is 6.63. The van der Waals surface area contributed by atoms with Crippen LogP contribution in [0.1, 0.15) is 22.8 Å². The maximum absolute atomic E-state index is 14.0. The molecule has 0 saturated carbocycles. The van der Waals surface area contributed by atoms with Gasteiger partial charge >= 0.3 is 6.18 Å². The van der Waals surface area contributed by atoms with Gasteiger partial charge in [0.15, 0.2) is 5.84 Å². The Morgan fingerprint density at radius 3 is 2.21 bits per heavy atom. The lowest BCUT2D eigenvalue weighted by atomic mass is 9.93. The number of halogens is 3. The van der Waals surface area contributed by atoms with E-state index < -0.39 is 17.7 Å². The van der Waals surface area contributed by atoms with Gasteiger partial charge in [0.2, 0.25) is 0 Å². The number of oxime groups is 1. The van der Waals surface area contributed by atoms with Gasteiger partial charge in [0, 0.05) is 18.2 Å². The summed E-state index contributed by atoms with van der Waals surface area (Å²) in [7, 11) is 1.18. The third-order valence-electron chi connectivity index (χ3n) is 4.45. The Bertz CT molecular complexity index is 1040. The molecule has 1 aromatic carbocycles. The molecule has 0 bridgehead atoms. The number of rotatable bonds is 3. The maximum Gasteiger partial charge on any atom is 0.432 e. The second-order valence-corrected chi connectivity index (χ2v) is 6.24. The summed E-state index contributed by atoms with van der Waals surface area (Å²) in [6.45, 7) is 3.15. The fourth-order valence-corrected chi connectivity index (χ4v) is 3.36. The molecule has 4 N–H and O–H groups in total. The van der Waals surface area contributed by atoms with Crippen molar-refractivity contribution in [2.24, 2.45) is 17.9 Å². The quantitative estimate of drug-likeness (QED) is 0.271. The summed E-state index contributed by atoms with van der Waals surface area (Å²) in [6, 6.07) is 5.28. The molecular weight excluding hydrogens is 377 g/mol. The predicted molar refractivity (Wildman–Crippen MR) is 95.0 cm³/mol. The number of hydrogen-bond donors (Lipinski definition) is 3. The van der Waals surface area contributed by atoms with E-state index in [2.05, 4.69) is 10.3 Å². The van der Waals surface area contributed by atoms with Crippen LogP contribution in [0, 0.1) is 13.8 Å². The molecule has 3 rings (SSSR count). The number of benzene rings is 1. The zero-order chi connectivity index (χ0) is 20.8. The van der Waals surface area contributed by atoms with Gasteiger partial charge in [0.25, 0.3) is 0 Å². The topological polar surface area (TPSA) is 110 Å². The monoisotopic (exact) mass is 394 g/mol. The van der Waals surface area contributed by atoms with Crippen molar-refractivity contribution in [2.75, 3.05) is 0 Å². The van der Waals surface area contributed by atoms with Gasteiger partial charge in [-0.25, -0.2) is 0 Å². The van der Waals surface area contributed by atoms with E-state index in [-0.39, 0.29) is 33.9 Å². The predicted octanol–water partition coefficient (Wildman–Crippen LogP) is 3.78. The molecule has 0 unspecified atom stereocenters. The molecule has 0 saturated heterocycles. The third kappa shape index (κ3) is 2.96. The van der Waals surface area contributed by atoms with E-state index in [9.17, 15) is 23.5 Å². The number of phenolic OH excluding ortho intramolecular Hbond substituents is 1. The van der Waals surface area contributed by atoms with Gasteiger partial charge in [-0.05, 0) is 31.5 Å². The van der Waals surface area contributed by atoms with E-state index >= 15 is 0 Å². The van der Waals surface area contributed by atoms with Crippen LogP contribution in [0.4, 0.5) is 13.2 Å². The van der Waals surface area contributed by atoms with Crippen LogP contribution in [0.2, 0.25) is 0 Å². The summed E-state index contributed by atoms with van der Waals surface area (Å²) in [5, 5.41) is 25.4. The van der Waals surface area contributed by atoms with E-state index in [4.69, 9.17) is 10.3 Å². The Balaban J connectivity index is 2.56. The number of aromatic hydroxyl groups is 1. The van der Waals surface area contributed by atoms with Crippen molar-refractivity contribution >= 4 is 5.84 Å². The molecule has 0 amide bonds. The van der Waals surface area contributed by atoms with Crippen LogP contribution >= 0.6 is 0 Å². The largest absolute Gasteiger partial charge is 0.508 e. The van der Waals surface area contributed by atoms with Gasteiger partial charge < -0.3 is 25.1 Å². The second-order valence-electron chi connectivity index (χ2n) is 6.24. The molecule has 0 fully saturated rings. The molecule has 0 spiro atoms. The Morgan fingerprint density at radius 2 is 1.75 bits per heavy atom. The van der Waals surface area contributed by atoms with Crippen LogP contribution in [0.3, 0.4) is 0 Å². The summed E-state index contributed by atoms with van der Waals surface area (Å²) < 4.78 is 48.0. The van der Waals surface area contributed by atoms with Crippen LogP contribution in [-0.4, -0.2) is 25.9 Å². The number of nitrogens with zero attached hydrogens (tertiary/aromatic N) is 3. The van der Waals surface area contributed by atoms with E-state index in [0.717, 1.165) is 4.57 Å². The van der Waals surface area contributed by atoms with E-state index in [1.54, 1.807) is 13.8 Å². The molecule has 0 aliphatic heterocycles. The SMILES string of the molecule is Cc1noc(C)c1-c1c(-c2ccc(O)cc2)c(C(F)(F)F)n(C)c1C(N)=NO. The fraction of sp³-hybridized carbons (Fsp3) is 0.222. The molecule has 10 heteroatoms. The summed E-state index contributed by atoms with van der Waals surface area (Å²) in [4.78, 5) is 0. The molecule has 0 aliphatic carbocycles. The van der Waals surface area contributed by atoms with Gasteiger partial charge in [-0.15, -0.1) is 0 Å². The zero-order valence-electron chi connectivity index (χ0n) is 15.2. The average molecular weight is 394 g/mol. The fourth-order valence-electron chi connectivity index (χ4n) is 3.36. The van der Waals surface area contributed by atoms with Gasteiger partial charge in [0.1, 0.15) is 17.2 Å². The molecular formula is C18H17F3N4O3. The highest BCUT2D eigenvalue weighted by molar-refractivity contribution is 6.07. The highest BCUT2D eigenvalue weighted by atomic mass is 19.4. The summed E-state index contributed by atoms with van der Waals surface area (Å²) in [5.74, 6) is -0.305. The van der Waals surface area contributed by atoms with Crippen molar-refractivity contribution < 1.29 is 28.0 Å². The van der Waals surface area contributed by atoms with E-state index in [1.165, 1.54) is 31.3 Å². The normalized spacial score (nSPS) is 12.6. The lowest BCUT2D eigenvalue weighted by Gasteiger charge is -2.12. The minimum atomic E-state index is -4.75. The van der Waals surface area contributed by atoms with Crippen molar-refractivity contribution in [1.82, 2.24) is 9.72 Å². The first-order chi connectivity index (χ1) is 13.1. The molecule has 7 nitrogen and oxygen atoms in total. The Kier molecular flexibility index (Phi) is 4.58. The molecule has 28 heavy (non-hydrogen) atoms. The highest BCUT2D eigenvalue weighted by Gasteiger charge is 2.42. The molecule has 2 heterocycles. The van der Waals surface area contributed by atoms with Crippen LogP contribution in [-0.2, 0) is 13.2 Å². The Hall–Kier alpha value is -3.43. The summed E-state index contributed by atoms with van der Waals surface area (Å²) >= 11 is 0.